The van der Waals surface area contributed by atoms with Gasteiger partial charge in [0.05, 0.1) is 23.2 Å². The maximum absolute atomic E-state index is 12.9. The number of hydrogen-bond donors (Lipinski definition) is 0. The van der Waals surface area contributed by atoms with Gasteiger partial charge in [-0.1, -0.05) is 43.6 Å². The van der Waals surface area contributed by atoms with Crippen molar-refractivity contribution >= 4 is 27.3 Å². The molecule has 1 aromatic heterocycles. The van der Waals surface area contributed by atoms with Gasteiger partial charge in [0.25, 0.3) is 5.91 Å². The van der Waals surface area contributed by atoms with Gasteiger partial charge in [-0.05, 0) is 30.0 Å². The quantitative estimate of drug-likeness (QED) is 0.713. The van der Waals surface area contributed by atoms with Crippen molar-refractivity contribution in [1.82, 2.24) is 9.88 Å². The molecule has 2 heterocycles. The second kappa shape index (κ2) is 9.13. The first-order chi connectivity index (χ1) is 13.8. The normalized spacial score (nSPS) is 19.0. The molecule has 1 aliphatic rings. The molecule has 0 bridgehead atoms. The molecule has 1 atom stereocenters. The molecule has 0 spiro atoms. The lowest BCUT2D eigenvalue weighted by atomic mass is 10.1. The molecule has 2 aromatic rings. The fourth-order valence-electron chi connectivity index (χ4n) is 3.26. The standard InChI is InChI=1S/C21H25ClN2O4S/c1-15(2)14-28-20-8-7-16(13-23-20)21(25)24-10-9-19(29(26,27)12-11-24)17-5-3-4-6-18(17)22/h3-8,13,15,19H,9-12,14H2,1-2H3. The van der Waals surface area contributed by atoms with Crippen LogP contribution < -0.4 is 4.74 Å². The topological polar surface area (TPSA) is 76.6 Å². The van der Waals surface area contributed by atoms with Crippen LogP contribution in [0.1, 0.15) is 41.4 Å². The summed E-state index contributed by atoms with van der Waals surface area (Å²) in [5.74, 6) is 0.510. The number of ether oxygens (including phenoxy) is 1. The molecular weight excluding hydrogens is 412 g/mol. The van der Waals surface area contributed by atoms with Gasteiger partial charge in [0.1, 0.15) is 0 Å². The molecule has 1 aliphatic heterocycles. The Labute approximate surface area is 176 Å². The number of sulfone groups is 1. The van der Waals surface area contributed by atoms with E-state index in [1.807, 2.05) is 13.8 Å². The Kier molecular flexibility index (Phi) is 6.80. The van der Waals surface area contributed by atoms with E-state index in [2.05, 4.69) is 4.98 Å². The highest BCUT2D eigenvalue weighted by molar-refractivity contribution is 7.91. The zero-order valence-electron chi connectivity index (χ0n) is 16.5. The minimum absolute atomic E-state index is 0.0996. The van der Waals surface area contributed by atoms with Gasteiger partial charge in [0.2, 0.25) is 5.88 Å². The van der Waals surface area contributed by atoms with Crippen LogP contribution in [-0.2, 0) is 9.84 Å². The molecule has 1 amide bonds. The fraction of sp³-hybridized carbons (Fsp3) is 0.429. The summed E-state index contributed by atoms with van der Waals surface area (Å²) in [4.78, 5) is 18.6. The Morgan fingerprint density at radius 2 is 2.00 bits per heavy atom. The third-order valence-electron chi connectivity index (χ3n) is 4.83. The first-order valence-corrected chi connectivity index (χ1v) is 11.7. The van der Waals surface area contributed by atoms with Crippen LogP contribution in [0.4, 0.5) is 0 Å². The van der Waals surface area contributed by atoms with Crippen LogP contribution in [0.3, 0.4) is 0 Å². The number of carbonyl (C=O) groups excluding carboxylic acids is 1. The molecule has 6 nitrogen and oxygen atoms in total. The van der Waals surface area contributed by atoms with E-state index in [1.165, 1.54) is 6.20 Å². The van der Waals surface area contributed by atoms with Crippen molar-refractivity contribution in [3.05, 3.63) is 58.7 Å². The molecule has 0 N–H and O–H groups in total. The van der Waals surface area contributed by atoms with Crippen molar-refractivity contribution < 1.29 is 17.9 Å². The number of benzene rings is 1. The van der Waals surface area contributed by atoms with E-state index >= 15 is 0 Å². The number of hydrogen-bond acceptors (Lipinski definition) is 5. The van der Waals surface area contributed by atoms with E-state index in [4.69, 9.17) is 16.3 Å². The van der Waals surface area contributed by atoms with Crippen LogP contribution in [0.15, 0.2) is 42.6 Å². The van der Waals surface area contributed by atoms with Crippen LogP contribution in [0.2, 0.25) is 5.02 Å². The van der Waals surface area contributed by atoms with Crippen LogP contribution in [0.5, 0.6) is 5.88 Å². The Balaban J connectivity index is 1.73. The molecule has 0 radical (unpaired) electrons. The monoisotopic (exact) mass is 436 g/mol. The highest BCUT2D eigenvalue weighted by atomic mass is 35.5. The summed E-state index contributed by atoms with van der Waals surface area (Å²) >= 11 is 6.23. The van der Waals surface area contributed by atoms with Crippen LogP contribution in [-0.4, -0.2) is 49.7 Å². The van der Waals surface area contributed by atoms with E-state index in [-0.39, 0.29) is 18.2 Å². The number of halogens is 1. The van der Waals surface area contributed by atoms with Crippen molar-refractivity contribution in [3.63, 3.8) is 0 Å². The summed E-state index contributed by atoms with van der Waals surface area (Å²) in [6, 6.07) is 10.3. The van der Waals surface area contributed by atoms with Gasteiger partial charge in [-0.25, -0.2) is 13.4 Å². The van der Waals surface area contributed by atoms with Crippen molar-refractivity contribution in [1.29, 1.82) is 0 Å². The molecule has 1 saturated heterocycles. The van der Waals surface area contributed by atoms with E-state index in [0.717, 1.165) is 0 Å². The van der Waals surface area contributed by atoms with Gasteiger partial charge in [-0.2, -0.15) is 0 Å². The Morgan fingerprint density at radius 1 is 1.24 bits per heavy atom. The molecular formula is C21H25ClN2O4S. The molecule has 3 rings (SSSR count). The Hall–Kier alpha value is -2.12. The van der Waals surface area contributed by atoms with Gasteiger partial charge in [0, 0.05) is 30.4 Å². The summed E-state index contributed by atoms with van der Waals surface area (Å²) in [7, 11) is -3.42. The number of amides is 1. The van der Waals surface area contributed by atoms with Crippen LogP contribution >= 0.6 is 11.6 Å². The SMILES string of the molecule is CC(C)COc1ccc(C(=O)N2CCC(c3ccccc3Cl)S(=O)(=O)CC2)cn1. The minimum atomic E-state index is -3.42. The zero-order valence-corrected chi connectivity index (χ0v) is 18.1. The zero-order chi connectivity index (χ0) is 21.0. The third kappa shape index (κ3) is 5.28. The molecule has 0 aliphatic carbocycles. The molecule has 8 heteroatoms. The number of aromatic nitrogens is 1. The Morgan fingerprint density at radius 3 is 2.66 bits per heavy atom. The lowest BCUT2D eigenvalue weighted by molar-refractivity contribution is 0.0766. The average molecular weight is 437 g/mol. The van der Waals surface area contributed by atoms with Gasteiger partial charge >= 0.3 is 0 Å². The lowest BCUT2D eigenvalue weighted by Gasteiger charge is -2.20. The van der Waals surface area contributed by atoms with Crippen molar-refractivity contribution in [2.45, 2.75) is 25.5 Å². The second-order valence-corrected chi connectivity index (χ2v) is 10.3. The molecule has 29 heavy (non-hydrogen) atoms. The smallest absolute Gasteiger partial charge is 0.255 e. The molecule has 0 saturated carbocycles. The van der Waals surface area contributed by atoms with Gasteiger partial charge < -0.3 is 9.64 Å². The summed E-state index contributed by atoms with van der Waals surface area (Å²) in [6.07, 6.45) is 1.78. The van der Waals surface area contributed by atoms with E-state index < -0.39 is 15.1 Å². The maximum Gasteiger partial charge on any atom is 0.255 e. The van der Waals surface area contributed by atoms with Gasteiger partial charge in [-0.15, -0.1) is 0 Å². The van der Waals surface area contributed by atoms with Gasteiger partial charge in [-0.3, -0.25) is 4.79 Å². The molecule has 156 valence electrons. The fourth-order valence-corrected chi connectivity index (χ4v) is 5.41. The molecule has 1 unspecified atom stereocenters. The van der Waals surface area contributed by atoms with Crippen molar-refractivity contribution in [2.75, 3.05) is 25.4 Å². The predicted octanol–water partition coefficient (Wildman–Crippen LogP) is 3.77. The van der Waals surface area contributed by atoms with Crippen molar-refractivity contribution in [2.24, 2.45) is 5.92 Å². The van der Waals surface area contributed by atoms with E-state index in [1.54, 1.807) is 41.3 Å². The molecule has 1 fully saturated rings. The number of carbonyl (C=O) groups is 1. The first kappa shape index (κ1) is 21.6. The summed E-state index contributed by atoms with van der Waals surface area (Å²) in [5, 5.41) is -0.277. The largest absolute Gasteiger partial charge is 0.477 e. The number of nitrogens with zero attached hydrogens (tertiary/aromatic N) is 2. The Bertz CT molecular complexity index is 961. The van der Waals surface area contributed by atoms with E-state index in [9.17, 15) is 13.2 Å². The second-order valence-electron chi connectivity index (χ2n) is 7.55. The third-order valence-corrected chi connectivity index (χ3v) is 7.28. The van der Waals surface area contributed by atoms with Crippen LogP contribution in [0, 0.1) is 5.92 Å². The van der Waals surface area contributed by atoms with Gasteiger partial charge in [0.15, 0.2) is 9.84 Å². The van der Waals surface area contributed by atoms with Crippen molar-refractivity contribution in [3.8, 4) is 5.88 Å². The first-order valence-electron chi connectivity index (χ1n) is 9.62. The highest BCUT2D eigenvalue weighted by Crippen LogP contribution is 2.34. The lowest BCUT2D eigenvalue weighted by Crippen LogP contribution is -2.33. The highest BCUT2D eigenvalue weighted by Gasteiger charge is 2.34. The predicted molar refractivity (Wildman–Crippen MR) is 113 cm³/mol. The summed E-state index contributed by atoms with van der Waals surface area (Å²) in [6.45, 7) is 5.11. The maximum atomic E-state index is 12.9. The van der Waals surface area contributed by atoms with Crippen LogP contribution in [0.25, 0.3) is 0 Å². The number of pyridine rings is 1. The molecule has 1 aromatic carbocycles. The van der Waals surface area contributed by atoms with E-state index in [0.29, 0.717) is 47.5 Å². The number of rotatable bonds is 5. The summed E-state index contributed by atoms with van der Waals surface area (Å²) in [5.41, 5.74) is 1.01. The average Bonchev–Trinajstić information content (AvgIpc) is 2.85. The summed E-state index contributed by atoms with van der Waals surface area (Å²) < 4.78 is 31.2. The minimum Gasteiger partial charge on any atom is -0.477 e.